The lowest BCUT2D eigenvalue weighted by Crippen LogP contribution is -2.32. The lowest BCUT2D eigenvalue weighted by Gasteiger charge is -2.21. The molecule has 0 radical (unpaired) electrons. The maximum Gasteiger partial charge on any atom is 0.243 e. The zero-order valence-corrected chi connectivity index (χ0v) is 14.3. The predicted molar refractivity (Wildman–Crippen MR) is 89.0 cm³/mol. The summed E-state index contributed by atoms with van der Waals surface area (Å²) in [5.74, 6) is 0. The van der Waals surface area contributed by atoms with E-state index in [0.717, 1.165) is 11.1 Å². The van der Waals surface area contributed by atoms with Gasteiger partial charge < -0.3 is 0 Å². The molecular weight excluding hydrogens is 350 g/mol. The number of hydrogen-bond acceptors (Lipinski definition) is 2. The molecule has 0 heterocycles. The molecule has 2 aromatic rings. The smallest absolute Gasteiger partial charge is 0.207 e. The van der Waals surface area contributed by atoms with Crippen LogP contribution in [0.4, 0.5) is 0 Å². The molecule has 0 aromatic heterocycles. The third-order valence-corrected chi connectivity index (χ3v) is 5.41. The Morgan fingerprint density at radius 3 is 2.19 bits per heavy atom. The van der Waals surface area contributed by atoms with Crippen molar-refractivity contribution in [1.82, 2.24) is 4.31 Å². The molecule has 2 aromatic carbocycles. The highest BCUT2D eigenvalue weighted by molar-refractivity contribution is 9.09. The van der Waals surface area contributed by atoms with Crippen molar-refractivity contribution in [2.75, 3.05) is 11.9 Å². The van der Waals surface area contributed by atoms with Crippen molar-refractivity contribution < 1.29 is 8.42 Å². The van der Waals surface area contributed by atoms with Gasteiger partial charge in [-0.3, -0.25) is 0 Å². The third kappa shape index (κ3) is 4.15. The van der Waals surface area contributed by atoms with Gasteiger partial charge >= 0.3 is 0 Å². The molecule has 0 N–H and O–H groups in total. The molecule has 0 saturated carbocycles. The van der Waals surface area contributed by atoms with E-state index in [-0.39, 0.29) is 0 Å². The molecule has 5 heteroatoms. The van der Waals surface area contributed by atoms with Crippen LogP contribution >= 0.6 is 15.9 Å². The zero-order chi connectivity index (χ0) is 15.3. The molecule has 0 unspecified atom stereocenters. The second-order valence-corrected chi connectivity index (χ2v) is 7.56. The van der Waals surface area contributed by atoms with Crippen LogP contribution in [0.1, 0.15) is 11.1 Å². The van der Waals surface area contributed by atoms with Crippen molar-refractivity contribution in [2.24, 2.45) is 0 Å². The summed E-state index contributed by atoms with van der Waals surface area (Å²) in [7, 11) is -3.47. The molecule has 21 heavy (non-hydrogen) atoms. The van der Waals surface area contributed by atoms with E-state index in [9.17, 15) is 8.42 Å². The minimum atomic E-state index is -3.47. The molecule has 0 amide bonds. The van der Waals surface area contributed by atoms with Crippen LogP contribution in [0.3, 0.4) is 0 Å². The molecule has 0 aliphatic carbocycles. The summed E-state index contributed by atoms with van der Waals surface area (Å²) < 4.78 is 27.0. The van der Waals surface area contributed by atoms with Crippen molar-refractivity contribution in [2.45, 2.75) is 18.4 Å². The van der Waals surface area contributed by atoms with Gasteiger partial charge in [-0.05, 0) is 24.6 Å². The third-order valence-electron chi connectivity index (χ3n) is 3.19. The molecule has 0 atom stereocenters. The Morgan fingerprint density at radius 1 is 1.00 bits per heavy atom. The summed E-state index contributed by atoms with van der Waals surface area (Å²) in [6.45, 7) is 2.75. The van der Waals surface area contributed by atoms with Gasteiger partial charge in [0.05, 0.1) is 4.90 Å². The summed E-state index contributed by atoms with van der Waals surface area (Å²) in [6, 6.07) is 16.6. The minimum Gasteiger partial charge on any atom is -0.207 e. The molecule has 112 valence electrons. The zero-order valence-electron chi connectivity index (χ0n) is 11.9. The Labute approximate surface area is 134 Å². The molecule has 0 bridgehead atoms. The maximum absolute atomic E-state index is 12.7. The van der Waals surface area contributed by atoms with E-state index in [1.807, 2.05) is 49.4 Å². The Bertz CT molecular complexity index is 669. The van der Waals surface area contributed by atoms with E-state index in [4.69, 9.17) is 0 Å². The molecule has 0 saturated heterocycles. The minimum absolute atomic E-state index is 0.338. The summed E-state index contributed by atoms with van der Waals surface area (Å²) in [6.07, 6.45) is 0. The van der Waals surface area contributed by atoms with Gasteiger partial charge in [0, 0.05) is 18.4 Å². The van der Waals surface area contributed by atoms with E-state index >= 15 is 0 Å². The molecule has 0 fully saturated rings. The molecular formula is C16H18BrNO2S. The van der Waals surface area contributed by atoms with Gasteiger partial charge in [-0.25, -0.2) is 8.42 Å². The largest absolute Gasteiger partial charge is 0.243 e. The topological polar surface area (TPSA) is 37.4 Å². The molecule has 0 aliphatic heterocycles. The fourth-order valence-corrected chi connectivity index (χ4v) is 4.12. The molecule has 2 rings (SSSR count). The first-order valence-corrected chi connectivity index (χ1v) is 9.27. The van der Waals surface area contributed by atoms with Crippen LogP contribution in [-0.2, 0) is 16.6 Å². The van der Waals surface area contributed by atoms with Crippen LogP contribution in [0.15, 0.2) is 59.5 Å². The van der Waals surface area contributed by atoms with Gasteiger partial charge in [0.1, 0.15) is 0 Å². The van der Waals surface area contributed by atoms with Crippen LogP contribution in [0.2, 0.25) is 0 Å². The van der Waals surface area contributed by atoms with E-state index in [1.54, 1.807) is 12.1 Å². The van der Waals surface area contributed by atoms with Crippen molar-refractivity contribution in [3.8, 4) is 0 Å². The van der Waals surface area contributed by atoms with Crippen molar-refractivity contribution >= 4 is 26.0 Å². The van der Waals surface area contributed by atoms with Crippen LogP contribution in [0.5, 0.6) is 0 Å². The van der Waals surface area contributed by atoms with Gasteiger partial charge in [0.2, 0.25) is 10.0 Å². The first-order chi connectivity index (χ1) is 10.0. The fraction of sp³-hybridized carbons (Fsp3) is 0.250. The maximum atomic E-state index is 12.7. The summed E-state index contributed by atoms with van der Waals surface area (Å²) in [5, 5.41) is 0.602. The van der Waals surface area contributed by atoms with Crippen molar-refractivity contribution in [3.05, 3.63) is 65.7 Å². The SMILES string of the molecule is Cc1ccc(S(=O)(=O)N(CCBr)Cc2ccccc2)cc1. The monoisotopic (exact) mass is 367 g/mol. The van der Waals surface area contributed by atoms with Gasteiger partial charge in [-0.2, -0.15) is 4.31 Å². The summed E-state index contributed by atoms with van der Waals surface area (Å²) >= 11 is 3.33. The quantitative estimate of drug-likeness (QED) is 0.731. The average Bonchev–Trinajstić information content (AvgIpc) is 2.48. The molecule has 3 nitrogen and oxygen atoms in total. The average molecular weight is 368 g/mol. The van der Waals surface area contributed by atoms with Gasteiger partial charge in [0.15, 0.2) is 0 Å². The number of rotatable bonds is 6. The van der Waals surface area contributed by atoms with E-state index in [0.29, 0.717) is 23.3 Å². The Hall–Kier alpha value is -1.17. The first-order valence-electron chi connectivity index (χ1n) is 6.71. The Kier molecular flexibility index (Phi) is 5.56. The van der Waals surface area contributed by atoms with Gasteiger partial charge in [0.25, 0.3) is 0 Å². The van der Waals surface area contributed by atoms with Crippen molar-refractivity contribution in [3.63, 3.8) is 0 Å². The molecule has 0 spiro atoms. The number of halogens is 1. The standard InChI is InChI=1S/C16H18BrNO2S/c1-14-7-9-16(10-8-14)21(19,20)18(12-11-17)13-15-5-3-2-4-6-15/h2-10H,11-13H2,1H3. The second-order valence-electron chi connectivity index (χ2n) is 4.83. The summed E-state index contributed by atoms with van der Waals surface area (Å²) in [5.41, 5.74) is 2.03. The predicted octanol–water partition coefficient (Wildman–Crippen LogP) is 3.58. The number of nitrogens with zero attached hydrogens (tertiary/aromatic N) is 1. The highest BCUT2D eigenvalue weighted by Crippen LogP contribution is 2.19. The highest BCUT2D eigenvalue weighted by Gasteiger charge is 2.23. The first kappa shape index (κ1) is 16.2. The number of benzene rings is 2. The lowest BCUT2D eigenvalue weighted by atomic mass is 10.2. The van der Waals surface area contributed by atoms with Crippen molar-refractivity contribution in [1.29, 1.82) is 0 Å². The second kappa shape index (κ2) is 7.20. The summed E-state index contributed by atoms with van der Waals surface area (Å²) in [4.78, 5) is 0.338. The van der Waals surface area contributed by atoms with Crippen LogP contribution in [-0.4, -0.2) is 24.6 Å². The van der Waals surface area contributed by atoms with E-state index in [1.165, 1.54) is 4.31 Å². The number of aryl methyl sites for hydroxylation is 1. The van der Waals surface area contributed by atoms with Gasteiger partial charge in [-0.15, -0.1) is 0 Å². The number of alkyl halides is 1. The van der Waals surface area contributed by atoms with Gasteiger partial charge in [-0.1, -0.05) is 64.0 Å². The number of hydrogen-bond donors (Lipinski definition) is 0. The van der Waals surface area contributed by atoms with E-state index in [2.05, 4.69) is 15.9 Å². The fourth-order valence-electron chi connectivity index (χ4n) is 2.02. The normalized spacial score (nSPS) is 11.8. The lowest BCUT2D eigenvalue weighted by molar-refractivity contribution is 0.426. The molecule has 0 aliphatic rings. The van der Waals surface area contributed by atoms with Crippen LogP contribution < -0.4 is 0 Å². The van der Waals surface area contributed by atoms with Crippen LogP contribution in [0, 0.1) is 6.92 Å². The number of sulfonamides is 1. The van der Waals surface area contributed by atoms with E-state index < -0.39 is 10.0 Å². The van der Waals surface area contributed by atoms with Crippen LogP contribution in [0.25, 0.3) is 0 Å². The Balaban J connectivity index is 2.30. The Morgan fingerprint density at radius 2 is 1.62 bits per heavy atom. The highest BCUT2D eigenvalue weighted by atomic mass is 79.9.